The Morgan fingerprint density at radius 1 is 1.72 bits per heavy atom. The Morgan fingerprint density at radius 2 is 2.44 bits per heavy atom. The van der Waals surface area contributed by atoms with Gasteiger partial charge in [0.25, 0.3) is 11.8 Å². The van der Waals surface area contributed by atoms with Crippen molar-refractivity contribution in [3.8, 4) is 5.88 Å². The van der Waals surface area contributed by atoms with Crippen LogP contribution in [0.3, 0.4) is 0 Å². The van der Waals surface area contributed by atoms with Gasteiger partial charge >= 0.3 is 5.69 Å². The third kappa shape index (κ3) is 3.85. The van der Waals surface area contributed by atoms with Gasteiger partial charge in [0.1, 0.15) is 0 Å². The van der Waals surface area contributed by atoms with E-state index < -0.39 is 10.8 Å². The molecule has 1 N–H and O–H groups in total. The van der Waals surface area contributed by atoms with Crippen LogP contribution < -0.4 is 10.1 Å². The summed E-state index contributed by atoms with van der Waals surface area (Å²) in [6.45, 7) is 5.10. The number of nitrogens with one attached hydrogen (secondary N) is 1. The minimum Gasteiger partial charge on any atom is -0.463 e. The number of aromatic nitrogens is 1. The third-order valence-corrected chi connectivity index (χ3v) is 1.95. The van der Waals surface area contributed by atoms with Gasteiger partial charge in [0.2, 0.25) is 0 Å². The van der Waals surface area contributed by atoms with Gasteiger partial charge in [0.05, 0.1) is 4.92 Å². The second kappa shape index (κ2) is 6.33. The second-order valence-corrected chi connectivity index (χ2v) is 3.48. The maximum absolute atomic E-state index is 11.2. The number of nitrogens with zero attached hydrogens (tertiary/aromatic N) is 2. The number of hydrogen-bond acceptors (Lipinski definition) is 5. The number of ether oxygens (including phenoxy) is 1. The van der Waals surface area contributed by atoms with Crippen molar-refractivity contribution in [3.63, 3.8) is 0 Å². The standard InChI is InChI=1S/C11H13N3O4/c1-3-4-12-10(15)7-18-11-9(14(16)17)5-8(2)6-13-11/h3,5-6H,1,4,7H2,2H3,(H,12,15). The molecule has 0 radical (unpaired) electrons. The highest BCUT2D eigenvalue weighted by Gasteiger charge is 2.17. The number of carbonyl (C=O) groups is 1. The van der Waals surface area contributed by atoms with Crippen LogP contribution in [0.1, 0.15) is 5.56 Å². The highest BCUT2D eigenvalue weighted by Crippen LogP contribution is 2.24. The molecule has 1 heterocycles. The molecular formula is C11H13N3O4. The SMILES string of the molecule is C=CCNC(=O)COc1ncc(C)cc1[N+](=O)[O-]. The third-order valence-electron chi connectivity index (χ3n) is 1.95. The molecule has 0 aliphatic rings. The van der Waals surface area contributed by atoms with Crippen molar-refractivity contribution >= 4 is 11.6 Å². The Labute approximate surface area is 104 Å². The normalized spacial score (nSPS) is 9.61. The van der Waals surface area contributed by atoms with Gasteiger partial charge in [-0.1, -0.05) is 6.08 Å². The van der Waals surface area contributed by atoms with Gasteiger partial charge in [-0.3, -0.25) is 14.9 Å². The lowest BCUT2D eigenvalue weighted by Gasteiger charge is -2.06. The molecule has 7 nitrogen and oxygen atoms in total. The summed E-state index contributed by atoms with van der Waals surface area (Å²) in [6, 6.07) is 1.34. The fourth-order valence-corrected chi connectivity index (χ4v) is 1.15. The molecule has 1 aromatic heterocycles. The van der Waals surface area contributed by atoms with E-state index in [-0.39, 0.29) is 18.2 Å². The Morgan fingerprint density at radius 3 is 3.06 bits per heavy atom. The average Bonchev–Trinajstić information content (AvgIpc) is 2.34. The first-order valence-corrected chi connectivity index (χ1v) is 5.16. The first-order valence-electron chi connectivity index (χ1n) is 5.16. The summed E-state index contributed by atoms with van der Waals surface area (Å²) < 4.78 is 5.01. The van der Waals surface area contributed by atoms with Gasteiger partial charge in [-0.15, -0.1) is 6.58 Å². The molecule has 0 unspecified atom stereocenters. The van der Waals surface area contributed by atoms with Crippen molar-refractivity contribution in [3.05, 3.63) is 40.6 Å². The number of aryl methyl sites for hydroxylation is 1. The minimum atomic E-state index is -0.600. The zero-order valence-electron chi connectivity index (χ0n) is 9.88. The molecule has 0 fully saturated rings. The molecular weight excluding hydrogens is 238 g/mol. The van der Waals surface area contributed by atoms with Crippen LogP contribution in [0, 0.1) is 17.0 Å². The molecule has 0 saturated heterocycles. The van der Waals surface area contributed by atoms with E-state index in [4.69, 9.17) is 4.74 Å². The molecule has 18 heavy (non-hydrogen) atoms. The van der Waals surface area contributed by atoms with Crippen LogP contribution in [-0.4, -0.2) is 29.0 Å². The minimum absolute atomic E-state index is 0.167. The van der Waals surface area contributed by atoms with Crippen molar-refractivity contribution in [2.24, 2.45) is 0 Å². The molecule has 1 aromatic rings. The zero-order valence-corrected chi connectivity index (χ0v) is 9.88. The molecule has 96 valence electrons. The predicted molar refractivity (Wildman–Crippen MR) is 64.3 cm³/mol. The molecule has 0 aliphatic carbocycles. The number of rotatable bonds is 6. The molecule has 0 spiro atoms. The topological polar surface area (TPSA) is 94.4 Å². The van der Waals surface area contributed by atoms with Crippen LogP contribution in [0.2, 0.25) is 0 Å². The molecule has 1 rings (SSSR count). The molecule has 0 aliphatic heterocycles. The Balaban J connectivity index is 2.69. The summed E-state index contributed by atoms with van der Waals surface area (Å²) in [6.07, 6.45) is 2.95. The Kier molecular flexibility index (Phi) is 4.79. The Hall–Kier alpha value is -2.44. The summed E-state index contributed by atoms with van der Waals surface area (Å²) in [5, 5.41) is 13.2. The van der Waals surface area contributed by atoms with Gasteiger partial charge in [0.15, 0.2) is 6.61 Å². The number of carbonyl (C=O) groups excluding carboxylic acids is 1. The number of amides is 1. The van der Waals surface area contributed by atoms with E-state index in [0.29, 0.717) is 12.1 Å². The highest BCUT2D eigenvalue weighted by molar-refractivity contribution is 5.77. The summed E-state index contributed by atoms with van der Waals surface area (Å²) >= 11 is 0. The van der Waals surface area contributed by atoms with E-state index in [9.17, 15) is 14.9 Å². The first kappa shape index (κ1) is 13.6. The van der Waals surface area contributed by atoms with E-state index in [1.165, 1.54) is 18.3 Å². The molecule has 0 saturated carbocycles. The summed E-state index contributed by atoms with van der Waals surface area (Å²) in [5.74, 6) is -0.564. The number of pyridine rings is 1. The lowest BCUT2D eigenvalue weighted by Crippen LogP contribution is -2.29. The van der Waals surface area contributed by atoms with E-state index in [1.807, 2.05) is 0 Å². The lowest BCUT2D eigenvalue weighted by molar-refractivity contribution is -0.386. The fourth-order valence-electron chi connectivity index (χ4n) is 1.15. The van der Waals surface area contributed by atoms with Crippen molar-refractivity contribution < 1.29 is 14.5 Å². The van der Waals surface area contributed by atoms with Crippen LogP contribution in [0.5, 0.6) is 5.88 Å². The first-order chi connectivity index (χ1) is 8.54. The highest BCUT2D eigenvalue weighted by atomic mass is 16.6. The lowest BCUT2D eigenvalue weighted by atomic mass is 10.3. The quantitative estimate of drug-likeness (QED) is 0.462. The molecule has 0 aromatic carbocycles. The van der Waals surface area contributed by atoms with E-state index in [1.54, 1.807) is 6.92 Å². The number of hydrogen-bond donors (Lipinski definition) is 1. The van der Waals surface area contributed by atoms with Crippen LogP contribution in [-0.2, 0) is 4.79 Å². The molecule has 1 amide bonds. The van der Waals surface area contributed by atoms with E-state index in [0.717, 1.165) is 0 Å². The maximum Gasteiger partial charge on any atom is 0.331 e. The van der Waals surface area contributed by atoms with Crippen LogP contribution in [0.15, 0.2) is 24.9 Å². The fraction of sp³-hybridized carbons (Fsp3) is 0.273. The van der Waals surface area contributed by atoms with Crippen LogP contribution in [0.25, 0.3) is 0 Å². The smallest absolute Gasteiger partial charge is 0.331 e. The molecule has 0 atom stereocenters. The monoisotopic (exact) mass is 251 g/mol. The van der Waals surface area contributed by atoms with Crippen molar-refractivity contribution in [1.82, 2.24) is 10.3 Å². The largest absolute Gasteiger partial charge is 0.463 e. The van der Waals surface area contributed by atoms with Crippen molar-refractivity contribution in [2.75, 3.05) is 13.2 Å². The Bertz CT molecular complexity index is 473. The van der Waals surface area contributed by atoms with Crippen molar-refractivity contribution in [2.45, 2.75) is 6.92 Å². The van der Waals surface area contributed by atoms with Crippen LogP contribution >= 0.6 is 0 Å². The van der Waals surface area contributed by atoms with E-state index >= 15 is 0 Å². The van der Waals surface area contributed by atoms with Gasteiger partial charge in [-0.2, -0.15) is 0 Å². The van der Waals surface area contributed by atoms with Crippen molar-refractivity contribution in [1.29, 1.82) is 0 Å². The van der Waals surface area contributed by atoms with Gasteiger partial charge < -0.3 is 10.1 Å². The summed E-state index contributed by atoms with van der Waals surface area (Å²) in [7, 11) is 0. The average molecular weight is 251 g/mol. The molecule has 0 bridgehead atoms. The maximum atomic E-state index is 11.2. The second-order valence-electron chi connectivity index (χ2n) is 3.48. The van der Waals surface area contributed by atoms with Gasteiger partial charge in [0, 0.05) is 18.8 Å². The van der Waals surface area contributed by atoms with E-state index in [2.05, 4.69) is 16.9 Å². The van der Waals surface area contributed by atoms with Gasteiger partial charge in [-0.25, -0.2) is 4.98 Å². The predicted octanol–water partition coefficient (Wildman–Crippen LogP) is 0.979. The number of nitro groups is 1. The van der Waals surface area contributed by atoms with Crippen LogP contribution in [0.4, 0.5) is 5.69 Å². The summed E-state index contributed by atoms with van der Waals surface area (Å²) in [4.78, 5) is 25.2. The summed E-state index contributed by atoms with van der Waals surface area (Å²) in [5.41, 5.74) is 0.386. The molecule has 7 heteroatoms. The zero-order chi connectivity index (χ0) is 13.5. The van der Waals surface area contributed by atoms with Gasteiger partial charge in [-0.05, 0) is 12.5 Å².